The second-order valence-electron chi connectivity index (χ2n) is 7.98. The molecule has 0 unspecified atom stereocenters. The molecule has 0 amide bonds. The zero-order valence-electron chi connectivity index (χ0n) is 18.7. The maximum Gasteiger partial charge on any atom is 0.303 e. The molecule has 1 aromatic carbocycles. The standard InChI is InChI=1S/C24H25ClN4O4/c1-4-29-11-10-17-18(9-8-15(21(17)29)6-5-7-20(30)31)22-27-23(33-28-22)16-12-19(25)24(26-13-16)32-14(2)3/h8-14H,4-7H2,1-3H3,(H,30,31). The van der Waals surface area contributed by atoms with Gasteiger partial charge in [0.05, 0.1) is 17.2 Å². The highest BCUT2D eigenvalue weighted by atomic mass is 35.5. The Bertz CT molecular complexity index is 1300. The minimum absolute atomic E-state index is 0.0409. The van der Waals surface area contributed by atoms with Gasteiger partial charge >= 0.3 is 5.97 Å². The Morgan fingerprint density at radius 3 is 2.82 bits per heavy atom. The van der Waals surface area contributed by atoms with Crippen molar-refractivity contribution in [1.82, 2.24) is 19.7 Å². The molecule has 0 spiro atoms. The van der Waals surface area contributed by atoms with Crippen molar-refractivity contribution in [3.63, 3.8) is 0 Å². The van der Waals surface area contributed by atoms with Crippen LogP contribution in [-0.2, 0) is 17.8 Å². The van der Waals surface area contributed by atoms with E-state index in [1.54, 1.807) is 12.3 Å². The smallest absolute Gasteiger partial charge is 0.303 e. The van der Waals surface area contributed by atoms with Crippen LogP contribution in [-0.4, -0.2) is 36.9 Å². The summed E-state index contributed by atoms with van der Waals surface area (Å²) in [6.45, 7) is 6.68. The minimum Gasteiger partial charge on any atom is -0.481 e. The molecule has 1 N–H and O–H groups in total. The van der Waals surface area contributed by atoms with Crippen LogP contribution in [0.1, 0.15) is 39.2 Å². The monoisotopic (exact) mass is 468 g/mol. The van der Waals surface area contributed by atoms with Crippen LogP contribution in [0.2, 0.25) is 5.02 Å². The highest BCUT2D eigenvalue weighted by Crippen LogP contribution is 2.33. The van der Waals surface area contributed by atoms with Crippen molar-refractivity contribution in [2.75, 3.05) is 0 Å². The first-order valence-corrected chi connectivity index (χ1v) is 11.2. The summed E-state index contributed by atoms with van der Waals surface area (Å²) in [5.41, 5.74) is 3.60. The fourth-order valence-corrected chi connectivity index (χ4v) is 4.00. The number of aliphatic carboxylic acids is 1. The molecule has 33 heavy (non-hydrogen) atoms. The molecular formula is C24H25ClN4O4. The number of halogens is 1. The zero-order chi connectivity index (χ0) is 23.5. The Hall–Kier alpha value is -3.39. The average Bonchev–Trinajstić information content (AvgIpc) is 3.42. The summed E-state index contributed by atoms with van der Waals surface area (Å²) in [5, 5.41) is 14.5. The Morgan fingerprint density at radius 2 is 2.12 bits per heavy atom. The van der Waals surface area contributed by atoms with Crippen molar-refractivity contribution in [2.45, 2.75) is 52.7 Å². The van der Waals surface area contributed by atoms with Gasteiger partial charge in [-0.3, -0.25) is 4.79 Å². The van der Waals surface area contributed by atoms with Gasteiger partial charge in [0.25, 0.3) is 5.89 Å². The summed E-state index contributed by atoms with van der Waals surface area (Å²) in [6, 6.07) is 7.69. The lowest BCUT2D eigenvalue weighted by Gasteiger charge is -2.10. The Labute approximate surface area is 196 Å². The number of hydrogen-bond donors (Lipinski definition) is 1. The van der Waals surface area contributed by atoms with Crippen LogP contribution in [0.5, 0.6) is 5.88 Å². The van der Waals surface area contributed by atoms with Crippen LogP contribution in [0.15, 0.2) is 41.2 Å². The van der Waals surface area contributed by atoms with Crippen LogP contribution in [0.3, 0.4) is 0 Å². The maximum absolute atomic E-state index is 10.9. The fourth-order valence-electron chi connectivity index (χ4n) is 3.79. The van der Waals surface area contributed by atoms with E-state index >= 15 is 0 Å². The van der Waals surface area contributed by atoms with Gasteiger partial charge in [-0.25, -0.2) is 4.98 Å². The van der Waals surface area contributed by atoms with E-state index in [9.17, 15) is 4.79 Å². The van der Waals surface area contributed by atoms with Crippen LogP contribution in [0.25, 0.3) is 33.7 Å². The van der Waals surface area contributed by atoms with Gasteiger partial charge in [0, 0.05) is 36.3 Å². The number of aromatic nitrogens is 4. The minimum atomic E-state index is -0.786. The number of carboxylic acid groups (broad SMARTS) is 1. The van der Waals surface area contributed by atoms with Crippen LogP contribution < -0.4 is 4.74 Å². The van der Waals surface area contributed by atoms with Gasteiger partial charge in [-0.1, -0.05) is 28.9 Å². The first-order chi connectivity index (χ1) is 15.9. The maximum atomic E-state index is 10.9. The summed E-state index contributed by atoms with van der Waals surface area (Å²) < 4.78 is 13.2. The first-order valence-electron chi connectivity index (χ1n) is 10.9. The van der Waals surface area contributed by atoms with E-state index in [1.165, 1.54) is 0 Å². The molecule has 0 aliphatic heterocycles. The Morgan fingerprint density at radius 1 is 1.30 bits per heavy atom. The summed E-state index contributed by atoms with van der Waals surface area (Å²) >= 11 is 6.31. The highest BCUT2D eigenvalue weighted by Gasteiger charge is 2.18. The molecule has 0 aliphatic rings. The lowest BCUT2D eigenvalue weighted by Crippen LogP contribution is -2.07. The van der Waals surface area contributed by atoms with E-state index in [1.807, 2.05) is 38.2 Å². The number of fused-ring (bicyclic) bond motifs is 1. The molecule has 3 aromatic heterocycles. The molecule has 8 nitrogen and oxygen atoms in total. The largest absolute Gasteiger partial charge is 0.481 e. The molecule has 0 fully saturated rings. The second-order valence-corrected chi connectivity index (χ2v) is 8.39. The van der Waals surface area contributed by atoms with E-state index in [2.05, 4.69) is 26.6 Å². The Balaban J connectivity index is 1.67. The quantitative estimate of drug-likeness (QED) is 0.340. The molecule has 172 valence electrons. The molecule has 0 atom stereocenters. The molecule has 0 aliphatic carbocycles. The topological polar surface area (TPSA) is 103 Å². The summed E-state index contributed by atoms with van der Waals surface area (Å²) in [5.74, 6) is 0.339. The number of nitrogens with zero attached hydrogens (tertiary/aromatic N) is 4. The van der Waals surface area contributed by atoms with Gasteiger partial charge in [-0.2, -0.15) is 4.98 Å². The number of rotatable bonds is 9. The molecular weight excluding hydrogens is 444 g/mol. The number of hydrogen-bond acceptors (Lipinski definition) is 6. The number of ether oxygens (including phenoxy) is 1. The average molecular weight is 469 g/mol. The predicted molar refractivity (Wildman–Crippen MR) is 125 cm³/mol. The molecule has 0 saturated heterocycles. The first kappa shape index (κ1) is 22.8. The number of carboxylic acids is 1. The SMILES string of the molecule is CCn1ccc2c(-c3noc(-c4cnc(OC(C)C)c(Cl)c4)n3)ccc(CCCC(=O)O)c21. The lowest BCUT2D eigenvalue weighted by atomic mass is 10.0. The molecule has 0 bridgehead atoms. The van der Waals surface area contributed by atoms with E-state index < -0.39 is 5.97 Å². The summed E-state index contributed by atoms with van der Waals surface area (Å²) in [4.78, 5) is 19.8. The third-order valence-corrected chi connectivity index (χ3v) is 5.53. The van der Waals surface area contributed by atoms with Gasteiger partial charge in [0.15, 0.2) is 0 Å². The summed E-state index contributed by atoms with van der Waals surface area (Å²) in [6.07, 6.45) is 4.97. The normalized spacial score (nSPS) is 11.4. The van der Waals surface area contributed by atoms with E-state index in [-0.39, 0.29) is 12.5 Å². The second kappa shape index (κ2) is 9.62. The van der Waals surface area contributed by atoms with Crippen molar-refractivity contribution in [3.05, 3.63) is 47.2 Å². The number of carbonyl (C=O) groups is 1. The third-order valence-electron chi connectivity index (χ3n) is 5.26. The third kappa shape index (κ3) is 4.85. The van der Waals surface area contributed by atoms with E-state index in [4.69, 9.17) is 26.0 Å². The molecule has 4 aromatic rings. The summed E-state index contributed by atoms with van der Waals surface area (Å²) in [7, 11) is 0. The molecule has 3 heterocycles. The zero-order valence-corrected chi connectivity index (χ0v) is 19.5. The van der Waals surface area contributed by atoms with Crippen molar-refractivity contribution >= 4 is 28.5 Å². The van der Waals surface area contributed by atoms with Crippen molar-refractivity contribution in [2.24, 2.45) is 0 Å². The number of aryl methyl sites for hydroxylation is 2. The molecule has 0 saturated carbocycles. The van der Waals surface area contributed by atoms with Gasteiger partial charge in [-0.15, -0.1) is 0 Å². The molecule has 4 rings (SSSR count). The van der Waals surface area contributed by atoms with Crippen LogP contribution in [0, 0.1) is 0 Å². The number of benzene rings is 1. The lowest BCUT2D eigenvalue weighted by molar-refractivity contribution is -0.137. The molecule has 0 radical (unpaired) electrons. The Kier molecular flexibility index (Phi) is 6.65. The van der Waals surface area contributed by atoms with Gasteiger partial charge in [0.1, 0.15) is 5.02 Å². The van der Waals surface area contributed by atoms with E-state index in [0.29, 0.717) is 41.0 Å². The van der Waals surface area contributed by atoms with Crippen LogP contribution in [0.4, 0.5) is 0 Å². The van der Waals surface area contributed by atoms with E-state index in [0.717, 1.165) is 28.6 Å². The van der Waals surface area contributed by atoms with Crippen molar-refractivity contribution in [3.8, 4) is 28.7 Å². The van der Waals surface area contributed by atoms with Crippen LogP contribution >= 0.6 is 11.6 Å². The van der Waals surface area contributed by atoms with Gasteiger partial charge < -0.3 is 18.9 Å². The number of pyridine rings is 1. The highest BCUT2D eigenvalue weighted by molar-refractivity contribution is 6.32. The van der Waals surface area contributed by atoms with Crippen molar-refractivity contribution in [1.29, 1.82) is 0 Å². The van der Waals surface area contributed by atoms with Gasteiger partial charge in [-0.05, 0) is 51.3 Å². The van der Waals surface area contributed by atoms with Crippen molar-refractivity contribution < 1.29 is 19.2 Å². The fraction of sp³-hybridized carbons (Fsp3) is 0.333. The predicted octanol–water partition coefficient (Wildman–Crippen LogP) is 5.62. The molecule has 9 heteroatoms. The van der Waals surface area contributed by atoms with Gasteiger partial charge in [0.2, 0.25) is 11.7 Å².